The van der Waals surface area contributed by atoms with Crippen molar-refractivity contribution in [3.05, 3.63) is 41.7 Å². The zero-order chi connectivity index (χ0) is 13.8. The summed E-state index contributed by atoms with van der Waals surface area (Å²) in [7, 11) is 0. The highest BCUT2D eigenvalue weighted by atomic mass is 15.3. The van der Waals surface area contributed by atoms with E-state index in [1.807, 2.05) is 23.9 Å². The molecule has 0 saturated heterocycles. The summed E-state index contributed by atoms with van der Waals surface area (Å²) in [6, 6.07) is 2.27. The lowest BCUT2D eigenvalue weighted by Gasteiger charge is -2.19. The molecular formula is C13H20N6. The largest absolute Gasteiger partial charge is 0.271 e. The third-order valence-corrected chi connectivity index (χ3v) is 3.16. The second-order valence-corrected chi connectivity index (χ2v) is 4.87. The van der Waals surface area contributed by atoms with E-state index < -0.39 is 0 Å². The molecule has 6 heteroatoms. The Labute approximate surface area is 113 Å². The van der Waals surface area contributed by atoms with Crippen LogP contribution in [0.4, 0.5) is 0 Å². The van der Waals surface area contributed by atoms with Crippen molar-refractivity contribution < 1.29 is 0 Å². The second-order valence-electron chi connectivity index (χ2n) is 4.87. The monoisotopic (exact) mass is 260 g/mol. The van der Waals surface area contributed by atoms with Crippen LogP contribution in [0.5, 0.6) is 0 Å². The Bertz CT molecular complexity index is 533. The summed E-state index contributed by atoms with van der Waals surface area (Å²) in [5.41, 5.74) is 5.10. The second kappa shape index (κ2) is 5.90. The van der Waals surface area contributed by atoms with E-state index in [0.717, 1.165) is 17.0 Å². The van der Waals surface area contributed by atoms with E-state index in [1.54, 1.807) is 12.5 Å². The minimum absolute atomic E-state index is 0.00435. The van der Waals surface area contributed by atoms with Crippen molar-refractivity contribution in [1.29, 1.82) is 0 Å². The first-order valence-corrected chi connectivity index (χ1v) is 6.38. The van der Waals surface area contributed by atoms with Crippen molar-refractivity contribution >= 4 is 0 Å². The van der Waals surface area contributed by atoms with Gasteiger partial charge < -0.3 is 0 Å². The van der Waals surface area contributed by atoms with Gasteiger partial charge in [0.25, 0.3) is 0 Å². The topological polar surface area (TPSA) is 81.7 Å². The third-order valence-electron chi connectivity index (χ3n) is 3.16. The van der Waals surface area contributed by atoms with Crippen molar-refractivity contribution in [2.45, 2.75) is 39.3 Å². The van der Waals surface area contributed by atoms with Crippen LogP contribution in [0, 0.1) is 6.92 Å². The Kier molecular flexibility index (Phi) is 4.24. The molecule has 0 fully saturated rings. The average Bonchev–Trinajstić information content (AvgIpc) is 2.85. The van der Waals surface area contributed by atoms with Gasteiger partial charge in [0.15, 0.2) is 0 Å². The lowest BCUT2D eigenvalue weighted by Crippen LogP contribution is -2.31. The van der Waals surface area contributed by atoms with E-state index in [1.165, 1.54) is 0 Å². The maximum atomic E-state index is 5.69. The number of hydrogen-bond donors (Lipinski definition) is 2. The first-order chi connectivity index (χ1) is 9.13. The van der Waals surface area contributed by atoms with E-state index >= 15 is 0 Å². The molecule has 19 heavy (non-hydrogen) atoms. The molecule has 1 atom stereocenters. The Morgan fingerprint density at radius 2 is 2.21 bits per heavy atom. The van der Waals surface area contributed by atoms with Crippen LogP contribution in [0.15, 0.2) is 24.8 Å². The maximum absolute atomic E-state index is 5.69. The number of hydrazine groups is 1. The predicted octanol–water partition coefficient (Wildman–Crippen LogP) is 1.31. The third kappa shape index (κ3) is 2.97. The molecule has 0 aliphatic rings. The summed E-state index contributed by atoms with van der Waals surface area (Å²) in [4.78, 5) is 8.42. The van der Waals surface area contributed by atoms with Crippen LogP contribution in [-0.4, -0.2) is 19.7 Å². The van der Waals surface area contributed by atoms with Crippen LogP contribution in [0.25, 0.3) is 0 Å². The average molecular weight is 260 g/mol. The lowest BCUT2D eigenvalue weighted by molar-refractivity contribution is 0.467. The Morgan fingerprint density at radius 3 is 2.84 bits per heavy atom. The fourth-order valence-electron chi connectivity index (χ4n) is 2.17. The number of nitrogens with zero attached hydrogens (tertiary/aromatic N) is 4. The van der Waals surface area contributed by atoms with E-state index in [2.05, 4.69) is 34.3 Å². The SMILES string of the molecule is Cc1cnccc1C(Cc1ncnn1C(C)C)NN. The van der Waals surface area contributed by atoms with E-state index in [0.29, 0.717) is 6.42 Å². The number of aromatic nitrogens is 4. The highest BCUT2D eigenvalue weighted by molar-refractivity contribution is 5.26. The standard InChI is InChI=1S/C13H20N6/c1-9(2)19-13(16-8-17-19)6-12(18-14)11-4-5-15-7-10(11)3/h4-5,7-9,12,18H,6,14H2,1-3H3. The summed E-state index contributed by atoms with van der Waals surface area (Å²) in [5, 5.41) is 4.24. The van der Waals surface area contributed by atoms with Crippen molar-refractivity contribution in [2.24, 2.45) is 5.84 Å². The molecule has 0 aliphatic heterocycles. The number of aryl methyl sites for hydroxylation is 1. The van der Waals surface area contributed by atoms with E-state index in [9.17, 15) is 0 Å². The Hall–Kier alpha value is -1.79. The highest BCUT2D eigenvalue weighted by Crippen LogP contribution is 2.20. The lowest BCUT2D eigenvalue weighted by atomic mass is 10.0. The fourth-order valence-corrected chi connectivity index (χ4v) is 2.17. The number of rotatable bonds is 5. The smallest absolute Gasteiger partial charge is 0.138 e. The van der Waals surface area contributed by atoms with Crippen molar-refractivity contribution in [1.82, 2.24) is 25.2 Å². The molecule has 0 bridgehead atoms. The summed E-state index contributed by atoms with van der Waals surface area (Å²) >= 11 is 0. The molecule has 2 aromatic rings. The fraction of sp³-hybridized carbons (Fsp3) is 0.462. The molecule has 0 spiro atoms. The zero-order valence-electron chi connectivity index (χ0n) is 11.5. The van der Waals surface area contributed by atoms with Crippen LogP contribution >= 0.6 is 0 Å². The van der Waals surface area contributed by atoms with Crippen LogP contribution in [0.3, 0.4) is 0 Å². The summed E-state index contributed by atoms with van der Waals surface area (Å²) in [6.45, 7) is 6.20. The first kappa shape index (κ1) is 13.6. The van der Waals surface area contributed by atoms with Gasteiger partial charge in [-0.2, -0.15) is 5.10 Å². The van der Waals surface area contributed by atoms with E-state index in [4.69, 9.17) is 5.84 Å². The molecule has 2 aromatic heterocycles. The number of nitrogens with one attached hydrogen (secondary N) is 1. The van der Waals surface area contributed by atoms with Gasteiger partial charge in [-0.05, 0) is 38.0 Å². The molecule has 3 N–H and O–H groups in total. The molecule has 0 aromatic carbocycles. The highest BCUT2D eigenvalue weighted by Gasteiger charge is 2.17. The van der Waals surface area contributed by atoms with Gasteiger partial charge in [0, 0.05) is 24.9 Å². The maximum Gasteiger partial charge on any atom is 0.138 e. The molecule has 0 radical (unpaired) electrons. The predicted molar refractivity (Wildman–Crippen MR) is 73.1 cm³/mol. The van der Waals surface area contributed by atoms with Gasteiger partial charge in [-0.3, -0.25) is 16.3 Å². The Morgan fingerprint density at radius 1 is 1.42 bits per heavy atom. The molecule has 102 valence electrons. The van der Waals surface area contributed by atoms with Gasteiger partial charge in [0.2, 0.25) is 0 Å². The van der Waals surface area contributed by atoms with Gasteiger partial charge in [0.05, 0.1) is 6.04 Å². The van der Waals surface area contributed by atoms with Crippen molar-refractivity contribution in [3.8, 4) is 0 Å². The normalized spacial score (nSPS) is 12.9. The van der Waals surface area contributed by atoms with Crippen LogP contribution < -0.4 is 11.3 Å². The van der Waals surface area contributed by atoms with Crippen molar-refractivity contribution in [2.75, 3.05) is 0 Å². The minimum atomic E-state index is 0.00435. The van der Waals surface area contributed by atoms with Gasteiger partial charge in [-0.25, -0.2) is 9.67 Å². The van der Waals surface area contributed by atoms with Crippen LogP contribution in [0.2, 0.25) is 0 Å². The molecule has 1 unspecified atom stereocenters. The van der Waals surface area contributed by atoms with Gasteiger partial charge in [0.1, 0.15) is 12.2 Å². The molecule has 6 nitrogen and oxygen atoms in total. The number of hydrogen-bond acceptors (Lipinski definition) is 5. The summed E-state index contributed by atoms with van der Waals surface area (Å²) < 4.78 is 1.92. The quantitative estimate of drug-likeness (QED) is 0.625. The van der Waals surface area contributed by atoms with Gasteiger partial charge >= 0.3 is 0 Å². The molecular weight excluding hydrogens is 240 g/mol. The molecule has 2 heterocycles. The summed E-state index contributed by atoms with van der Waals surface area (Å²) in [5.74, 6) is 6.61. The van der Waals surface area contributed by atoms with Gasteiger partial charge in [-0.15, -0.1) is 0 Å². The van der Waals surface area contributed by atoms with Crippen LogP contribution in [-0.2, 0) is 6.42 Å². The molecule has 0 aliphatic carbocycles. The first-order valence-electron chi connectivity index (χ1n) is 6.38. The zero-order valence-corrected chi connectivity index (χ0v) is 11.5. The Balaban J connectivity index is 2.25. The van der Waals surface area contributed by atoms with Gasteiger partial charge in [-0.1, -0.05) is 0 Å². The number of nitrogens with two attached hydrogens (primary N) is 1. The minimum Gasteiger partial charge on any atom is -0.271 e. The molecule has 0 amide bonds. The van der Waals surface area contributed by atoms with E-state index in [-0.39, 0.29) is 12.1 Å². The van der Waals surface area contributed by atoms with Crippen molar-refractivity contribution in [3.63, 3.8) is 0 Å². The molecule has 2 rings (SSSR count). The molecule has 0 saturated carbocycles. The number of pyridine rings is 1. The van der Waals surface area contributed by atoms with Crippen LogP contribution in [0.1, 0.15) is 42.9 Å². The summed E-state index contributed by atoms with van der Waals surface area (Å²) in [6.07, 6.45) is 5.90.